The summed E-state index contributed by atoms with van der Waals surface area (Å²) in [4.78, 5) is 69.7. The van der Waals surface area contributed by atoms with Crippen molar-refractivity contribution in [2.24, 2.45) is 5.92 Å². The van der Waals surface area contributed by atoms with E-state index in [9.17, 15) is 5.11 Å². The molecule has 16 nitrogen and oxygen atoms in total. The minimum atomic E-state index is -2.09. The number of carbonyl (C=O) groups excluding carboxylic acids is 4. The number of hydrogen-bond donors (Lipinski definition) is 3. The molecule has 7 aromatic carbocycles. The van der Waals surface area contributed by atoms with Crippen molar-refractivity contribution in [3.8, 4) is 17.6 Å². The van der Waals surface area contributed by atoms with Crippen LogP contribution in [0.1, 0.15) is 64.5 Å². The lowest BCUT2D eigenvalue weighted by Gasteiger charge is -2.46. The first kappa shape index (κ1) is 50.7. The maximum Gasteiger partial charge on any atom is 0.329 e. The zero-order valence-corrected chi connectivity index (χ0v) is 43.2. The molecule has 0 bridgehead atoms. The summed E-state index contributed by atoms with van der Waals surface area (Å²) in [6.45, 7) is 4.30. The van der Waals surface area contributed by atoms with Gasteiger partial charge >= 0.3 is 12.0 Å². The molecule has 7 unspecified atom stereocenters. The van der Waals surface area contributed by atoms with Crippen molar-refractivity contribution in [3.63, 3.8) is 0 Å². The highest BCUT2D eigenvalue weighted by Gasteiger charge is 2.75. The molecule has 1 aromatic heterocycles. The average Bonchev–Trinajstić information content (AvgIpc) is 4.03. The molecule has 7 atom stereocenters. The quantitative estimate of drug-likeness (QED) is 0.0786. The first-order valence-electron chi connectivity index (χ1n) is 26.5. The molecule has 4 amide bonds. The maximum absolute atomic E-state index is 17.0. The number of esters is 1. The van der Waals surface area contributed by atoms with Gasteiger partial charge in [-0.25, -0.2) is 14.4 Å². The standard InChI is InChI=1S/C63H56N8O8/c1-41(43-16-5-2-6-17-43)64-62(76)70-52-31-26-42(15-14-32-69-53-25-12-11-24-51(53)66-67-69)39-50(52)63(61(70)75)54(59(73)65-47-27-29-48(30-28-47)68-33-36-77-37-34-68)56-60(74)79-57(45-20-9-4-10-21-45)55(44-18-7-3-8-19-44)71(56)58(63)46-22-13-23-49(40-46)78-38-35-72/h2-13,16-31,39-41,54-58,72H,32-38H2,1H3,(H,64,76)(H,65,73). The third kappa shape index (κ3) is 9.31. The summed E-state index contributed by atoms with van der Waals surface area (Å²) >= 11 is 0. The monoisotopic (exact) mass is 1050 g/mol. The Kier molecular flexibility index (Phi) is 13.9. The minimum Gasteiger partial charge on any atom is -0.491 e. The van der Waals surface area contributed by atoms with Crippen molar-refractivity contribution in [1.29, 1.82) is 0 Å². The van der Waals surface area contributed by atoms with Crippen LogP contribution < -0.4 is 25.2 Å². The number of urea groups is 1. The number of ether oxygens (including phenoxy) is 3. The number of morpholine rings is 2. The fourth-order valence-electron chi connectivity index (χ4n) is 12.0. The van der Waals surface area contributed by atoms with Gasteiger partial charge in [-0.1, -0.05) is 132 Å². The molecule has 396 valence electrons. The number of nitrogens with zero attached hydrogens (tertiary/aromatic N) is 6. The molecule has 0 saturated carbocycles. The van der Waals surface area contributed by atoms with Gasteiger partial charge in [0.15, 0.2) is 0 Å². The van der Waals surface area contributed by atoms with E-state index >= 15 is 19.2 Å². The summed E-state index contributed by atoms with van der Waals surface area (Å²) in [5, 5.41) is 24.9. The Bertz CT molecular complexity index is 3620. The maximum atomic E-state index is 17.0. The lowest BCUT2D eigenvalue weighted by atomic mass is 9.65. The van der Waals surface area contributed by atoms with E-state index in [0.29, 0.717) is 60.0 Å². The summed E-state index contributed by atoms with van der Waals surface area (Å²) in [7, 11) is 0. The van der Waals surface area contributed by atoms with Gasteiger partial charge in [-0.15, -0.1) is 5.10 Å². The zero-order chi connectivity index (χ0) is 54.0. The van der Waals surface area contributed by atoms with E-state index in [4.69, 9.17) is 14.2 Å². The van der Waals surface area contributed by atoms with Gasteiger partial charge in [-0.2, -0.15) is 0 Å². The lowest BCUT2D eigenvalue weighted by Crippen LogP contribution is -2.55. The molecule has 12 rings (SSSR count). The number of amides is 4. The van der Waals surface area contributed by atoms with Crippen molar-refractivity contribution in [1.82, 2.24) is 25.2 Å². The Balaban J connectivity index is 1.09. The number of carbonyl (C=O) groups is 4. The summed E-state index contributed by atoms with van der Waals surface area (Å²) in [6.07, 6.45) is -0.942. The van der Waals surface area contributed by atoms with Gasteiger partial charge in [0.25, 0.3) is 0 Å². The van der Waals surface area contributed by atoms with E-state index in [-0.39, 0.29) is 25.4 Å². The molecule has 0 aliphatic carbocycles. The van der Waals surface area contributed by atoms with Crippen LogP contribution in [0, 0.1) is 17.8 Å². The SMILES string of the molecule is CC(NC(=O)N1C(=O)C2(c3cc(C#CCn4nnc5ccccc54)ccc31)C(C(=O)Nc1ccc(N3CCOCC3)cc1)C1C(=O)OC(c3ccccc3)C(c3ccccc3)N1C2c1cccc(OCCO)c1)c1ccccc1. The number of benzene rings is 7. The fourth-order valence-corrected chi connectivity index (χ4v) is 12.0. The van der Waals surface area contributed by atoms with Crippen LogP contribution in [-0.4, -0.2) is 94.4 Å². The summed E-state index contributed by atoms with van der Waals surface area (Å²) < 4.78 is 20.1. The zero-order valence-electron chi connectivity index (χ0n) is 43.2. The number of fused-ring (bicyclic) bond motifs is 4. The van der Waals surface area contributed by atoms with Crippen LogP contribution >= 0.6 is 0 Å². The van der Waals surface area contributed by atoms with E-state index in [1.165, 1.54) is 0 Å². The van der Waals surface area contributed by atoms with Crippen molar-refractivity contribution >= 4 is 51.9 Å². The van der Waals surface area contributed by atoms with Crippen LogP contribution in [0.5, 0.6) is 5.75 Å². The molecule has 5 heterocycles. The normalized spacial score (nSPS) is 21.9. The topological polar surface area (TPSA) is 181 Å². The smallest absolute Gasteiger partial charge is 0.329 e. The largest absolute Gasteiger partial charge is 0.491 e. The summed E-state index contributed by atoms with van der Waals surface area (Å²) in [6, 6.07) is 51.1. The van der Waals surface area contributed by atoms with Gasteiger partial charge in [0.1, 0.15) is 42.0 Å². The molecule has 3 N–H and O–H groups in total. The lowest BCUT2D eigenvalue weighted by molar-refractivity contribution is -0.177. The molecular weight excluding hydrogens is 997 g/mol. The minimum absolute atomic E-state index is 0.0300. The second-order valence-corrected chi connectivity index (χ2v) is 20.0. The molecular formula is C63H56N8O8. The number of cyclic esters (lactones) is 1. The van der Waals surface area contributed by atoms with E-state index in [1.807, 2.05) is 145 Å². The van der Waals surface area contributed by atoms with Gasteiger partial charge in [0.05, 0.1) is 55.1 Å². The molecule has 4 aliphatic rings. The van der Waals surface area contributed by atoms with Crippen molar-refractivity contribution in [2.75, 3.05) is 54.6 Å². The highest BCUT2D eigenvalue weighted by atomic mass is 16.6. The van der Waals surface area contributed by atoms with Gasteiger partial charge in [0, 0.05) is 30.0 Å². The number of rotatable bonds is 12. The molecule has 4 aliphatic heterocycles. The number of aliphatic hydroxyl groups excluding tert-OH is 1. The van der Waals surface area contributed by atoms with Crippen LogP contribution in [0.3, 0.4) is 0 Å². The highest BCUT2D eigenvalue weighted by Crippen LogP contribution is 2.66. The van der Waals surface area contributed by atoms with Gasteiger partial charge in [-0.05, 0) is 101 Å². The average molecular weight is 1050 g/mol. The van der Waals surface area contributed by atoms with E-state index in [2.05, 4.69) is 37.7 Å². The Labute approximate surface area is 456 Å². The van der Waals surface area contributed by atoms with Crippen molar-refractivity contribution < 1.29 is 38.5 Å². The predicted molar refractivity (Wildman–Crippen MR) is 297 cm³/mol. The summed E-state index contributed by atoms with van der Waals surface area (Å²) in [5.41, 5.74) is 4.54. The van der Waals surface area contributed by atoms with Crippen LogP contribution in [0.15, 0.2) is 182 Å². The molecule has 79 heavy (non-hydrogen) atoms. The van der Waals surface area contributed by atoms with E-state index < -0.39 is 65.4 Å². The molecule has 3 saturated heterocycles. The third-order valence-electron chi connectivity index (χ3n) is 15.5. The number of aliphatic hydroxyl groups is 1. The highest BCUT2D eigenvalue weighted by molar-refractivity contribution is 6.25. The predicted octanol–water partition coefficient (Wildman–Crippen LogP) is 8.47. The Morgan fingerprint density at radius 2 is 1.48 bits per heavy atom. The number of anilines is 3. The number of para-hydroxylation sites is 1. The fraction of sp³-hybridized carbons (Fsp3) is 0.238. The van der Waals surface area contributed by atoms with Crippen molar-refractivity contribution in [2.45, 2.75) is 49.2 Å². The van der Waals surface area contributed by atoms with Gasteiger partial charge < -0.3 is 34.9 Å². The number of hydrogen-bond acceptors (Lipinski definition) is 12. The Morgan fingerprint density at radius 1 is 0.785 bits per heavy atom. The third-order valence-corrected chi connectivity index (χ3v) is 15.5. The molecule has 16 heteroatoms. The molecule has 8 aromatic rings. The Hall–Kier alpha value is -9.14. The first-order valence-corrected chi connectivity index (χ1v) is 26.5. The number of nitrogens with one attached hydrogen (secondary N) is 2. The number of imide groups is 1. The van der Waals surface area contributed by atoms with Crippen LogP contribution in [0.2, 0.25) is 0 Å². The number of aromatic nitrogens is 3. The van der Waals surface area contributed by atoms with Crippen LogP contribution in [0.4, 0.5) is 21.9 Å². The molecule has 1 spiro atoms. The van der Waals surface area contributed by atoms with Crippen LogP contribution in [0.25, 0.3) is 11.0 Å². The first-order chi connectivity index (χ1) is 38.7. The Morgan fingerprint density at radius 3 is 2.23 bits per heavy atom. The molecule has 3 fully saturated rings. The van der Waals surface area contributed by atoms with Crippen molar-refractivity contribution in [3.05, 3.63) is 215 Å². The van der Waals surface area contributed by atoms with E-state index in [1.54, 1.807) is 53.2 Å². The van der Waals surface area contributed by atoms with Crippen LogP contribution in [-0.2, 0) is 35.8 Å². The van der Waals surface area contributed by atoms with Gasteiger partial charge in [0.2, 0.25) is 11.8 Å². The van der Waals surface area contributed by atoms with Gasteiger partial charge in [-0.3, -0.25) is 19.3 Å². The summed E-state index contributed by atoms with van der Waals surface area (Å²) in [5.74, 6) is 3.23. The second-order valence-electron chi connectivity index (χ2n) is 20.0. The second kappa shape index (κ2) is 21.7. The molecule has 0 radical (unpaired) electrons. The van der Waals surface area contributed by atoms with E-state index in [0.717, 1.165) is 32.7 Å².